The Kier molecular flexibility index (Phi) is 5.83. The molecular weight excluding hydrogens is 387 g/mol. The molecule has 1 aromatic heterocycles. The number of amides is 3. The lowest BCUT2D eigenvalue weighted by molar-refractivity contribution is 0.0971. The number of fused-ring (bicyclic) bond motifs is 1. The predicted molar refractivity (Wildman–Crippen MR) is 109 cm³/mol. The molecular formula is C22H25FN4O3. The Morgan fingerprint density at radius 1 is 1.17 bits per heavy atom. The van der Waals surface area contributed by atoms with Crippen LogP contribution in [0, 0.1) is 5.82 Å². The molecule has 1 saturated heterocycles. The molecule has 3 amide bonds. The summed E-state index contributed by atoms with van der Waals surface area (Å²) >= 11 is 0. The number of nitrogens with zero attached hydrogens (tertiary/aromatic N) is 3. The summed E-state index contributed by atoms with van der Waals surface area (Å²) in [6, 6.07) is 9.03. The zero-order chi connectivity index (χ0) is 21.1. The second-order valence-electron chi connectivity index (χ2n) is 7.63. The highest BCUT2D eigenvalue weighted by molar-refractivity contribution is 5.89. The van der Waals surface area contributed by atoms with Crippen LogP contribution in [0.2, 0.25) is 0 Å². The highest BCUT2D eigenvalue weighted by atomic mass is 19.1. The van der Waals surface area contributed by atoms with Crippen LogP contribution in [0.4, 0.5) is 19.7 Å². The highest BCUT2D eigenvalue weighted by Gasteiger charge is 2.26. The Hall–Kier alpha value is -3.16. The monoisotopic (exact) mass is 412 g/mol. The summed E-state index contributed by atoms with van der Waals surface area (Å²) in [6.45, 7) is 4.30. The van der Waals surface area contributed by atoms with Crippen LogP contribution in [0.3, 0.4) is 0 Å². The van der Waals surface area contributed by atoms with Crippen LogP contribution in [0.15, 0.2) is 36.5 Å². The minimum absolute atomic E-state index is 0.232. The molecule has 8 heteroatoms. The molecule has 4 rings (SSSR count). The third kappa shape index (κ3) is 4.37. The first kappa shape index (κ1) is 20.1. The summed E-state index contributed by atoms with van der Waals surface area (Å²) in [5.41, 5.74) is 3.39. The predicted octanol–water partition coefficient (Wildman–Crippen LogP) is 4.10. The summed E-state index contributed by atoms with van der Waals surface area (Å²) in [7, 11) is 0. The van der Waals surface area contributed by atoms with Crippen molar-refractivity contribution >= 4 is 17.8 Å². The average molecular weight is 412 g/mol. The lowest BCUT2D eigenvalue weighted by Crippen LogP contribution is -2.38. The molecule has 0 saturated carbocycles. The normalized spacial score (nSPS) is 16.3. The number of urea groups is 1. The molecule has 1 aromatic carbocycles. The van der Waals surface area contributed by atoms with Gasteiger partial charge < -0.3 is 19.9 Å². The first-order chi connectivity index (χ1) is 14.5. The third-order valence-corrected chi connectivity index (χ3v) is 5.67. The van der Waals surface area contributed by atoms with Crippen LogP contribution in [0.1, 0.15) is 42.5 Å². The summed E-state index contributed by atoms with van der Waals surface area (Å²) < 4.78 is 18.4. The van der Waals surface area contributed by atoms with Gasteiger partial charge in [0.2, 0.25) is 0 Å². The Bertz CT molecular complexity index is 926. The van der Waals surface area contributed by atoms with Crippen molar-refractivity contribution in [3.05, 3.63) is 59.2 Å². The van der Waals surface area contributed by atoms with E-state index in [-0.39, 0.29) is 17.9 Å². The molecule has 158 valence electrons. The molecule has 30 heavy (non-hydrogen) atoms. The average Bonchev–Trinajstić information content (AvgIpc) is 3.18. The van der Waals surface area contributed by atoms with Gasteiger partial charge in [0.25, 0.3) is 0 Å². The number of carbonyl (C=O) groups is 2. The van der Waals surface area contributed by atoms with E-state index in [0.29, 0.717) is 44.4 Å². The highest BCUT2D eigenvalue weighted by Crippen LogP contribution is 2.29. The second-order valence-corrected chi connectivity index (χ2v) is 7.63. The molecule has 1 N–H and O–H groups in total. The van der Waals surface area contributed by atoms with Crippen molar-refractivity contribution in [3.8, 4) is 0 Å². The number of halogens is 1. The standard InChI is InChI=1S/C22H25FN4O3/c1-2-30-22(29)26-9-7-16(8-10-26)15-3-5-19(6-4-15)25-21(28)27-13-17-11-18(23)12-24-20(17)14-27/h3-6,11-12,16H,2,7-10,13-14H2,1H3,(H,25,28). The molecule has 2 aliphatic heterocycles. The Labute approximate surface area is 174 Å². The van der Waals surface area contributed by atoms with Gasteiger partial charge in [-0.15, -0.1) is 0 Å². The number of hydrogen-bond acceptors (Lipinski definition) is 4. The first-order valence-electron chi connectivity index (χ1n) is 10.2. The lowest BCUT2D eigenvalue weighted by atomic mass is 9.89. The Morgan fingerprint density at radius 3 is 2.60 bits per heavy atom. The van der Waals surface area contributed by atoms with Crippen molar-refractivity contribution in [2.24, 2.45) is 0 Å². The maximum atomic E-state index is 13.3. The van der Waals surface area contributed by atoms with Crippen molar-refractivity contribution < 1.29 is 18.7 Å². The molecule has 3 heterocycles. The fraction of sp³-hybridized carbons (Fsp3) is 0.409. The van der Waals surface area contributed by atoms with Crippen LogP contribution in [0.5, 0.6) is 0 Å². The van der Waals surface area contributed by atoms with Crippen molar-refractivity contribution in [3.63, 3.8) is 0 Å². The molecule has 0 unspecified atom stereocenters. The van der Waals surface area contributed by atoms with Gasteiger partial charge in [-0.25, -0.2) is 14.0 Å². The van der Waals surface area contributed by atoms with Gasteiger partial charge in [0, 0.05) is 25.3 Å². The van der Waals surface area contributed by atoms with Crippen molar-refractivity contribution in [2.45, 2.75) is 38.8 Å². The van der Waals surface area contributed by atoms with Crippen LogP contribution < -0.4 is 5.32 Å². The molecule has 7 nitrogen and oxygen atoms in total. The molecule has 0 aliphatic carbocycles. The largest absolute Gasteiger partial charge is 0.450 e. The Morgan fingerprint density at radius 2 is 1.90 bits per heavy atom. The number of piperidine rings is 1. The maximum absolute atomic E-state index is 13.3. The number of hydrogen-bond donors (Lipinski definition) is 1. The van der Waals surface area contributed by atoms with Gasteiger partial charge in [-0.1, -0.05) is 12.1 Å². The molecule has 0 bridgehead atoms. The molecule has 0 spiro atoms. The molecule has 0 radical (unpaired) electrons. The smallest absolute Gasteiger partial charge is 0.409 e. The van der Waals surface area contributed by atoms with Crippen LogP contribution in [-0.2, 0) is 17.8 Å². The topological polar surface area (TPSA) is 74.8 Å². The van der Waals surface area contributed by atoms with E-state index < -0.39 is 0 Å². The van der Waals surface area contributed by atoms with Crippen molar-refractivity contribution in [1.82, 2.24) is 14.8 Å². The Balaban J connectivity index is 1.30. The van der Waals surface area contributed by atoms with E-state index in [0.717, 1.165) is 24.1 Å². The van der Waals surface area contributed by atoms with Gasteiger partial charge in [0.05, 0.1) is 25.0 Å². The summed E-state index contributed by atoms with van der Waals surface area (Å²) in [6.07, 6.45) is 2.71. The maximum Gasteiger partial charge on any atom is 0.409 e. The zero-order valence-electron chi connectivity index (χ0n) is 16.9. The van der Waals surface area contributed by atoms with E-state index in [1.165, 1.54) is 17.8 Å². The fourth-order valence-corrected chi connectivity index (χ4v) is 4.03. The van der Waals surface area contributed by atoms with E-state index >= 15 is 0 Å². The number of pyridine rings is 1. The van der Waals surface area contributed by atoms with Crippen LogP contribution in [0.25, 0.3) is 0 Å². The van der Waals surface area contributed by atoms with Gasteiger partial charge in [0.15, 0.2) is 0 Å². The number of carbonyl (C=O) groups excluding carboxylic acids is 2. The summed E-state index contributed by atoms with van der Waals surface area (Å²) in [4.78, 5) is 31.8. The molecule has 2 aromatic rings. The van der Waals surface area contributed by atoms with Crippen molar-refractivity contribution in [1.29, 1.82) is 0 Å². The number of anilines is 1. The van der Waals surface area contributed by atoms with Gasteiger partial charge >= 0.3 is 12.1 Å². The van der Waals surface area contributed by atoms with E-state index in [1.54, 1.807) is 9.80 Å². The molecule has 0 atom stereocenters. The SMILES string of the molecule is CCOC(=O)N1CCC(c2ccc(NC(=O)N3Cc4cc(F)cnc4C3)cc2)CC1. The second kappa shape index (κ2) is 8.69. The number of rotatable bonds is 3. The van der Waals surface area contributed by atoms with Crippen LogP contribution in [-0.4, -0.2) is 46.6 Å². The minimum atomic E-state index is -0.389. The van der Waals surface area contributed by atoms with E-state index in [9.17, 15) is 14.0 Å². The van der Waals surface area contributed by atoms with Crippen LogP contribution >= 0.6 is 0 Å². The fourth-order valence-electron chi connectivity index (χ4n) is 4.03. The summed E-state index contributed by atoms with van der Waals surface area (Å²) in [5.74, 6) is -0.00540. The molecule has 1 fully saturated rings. The van der Waals surface area contributed by atoms with Gasteiger partial charge in [-0.05, 0) is 55.0 Å². The third-order valence-electron chi connectivity index (χ3n) is 5.67. The first-order valence-corrected chi connectivity index (χ1v) is 10.2. The number of ether oxygens (including phenoxy) is 1. The van der Waals surface area contributed by atoms with Gasteiger partial charge in [-0.3, -0.25) is 4.98 Å². The quantitative estimate of drug-likeness (QED) is 0.824. The van der Waals surface area contributed by atoms with E-state index in [1.807, 2.05) is 31.2 Å². The number of nitrogens with one attached hydrogen (secondary N) is 1. The number of benzene rings is 1. The number of aromatic nitrogens is 1. The van der Waals surface area contributed by atoms with Gasteiger partial charge in [-0.2, -0.15) is 0 Å². The summed E-state index contributed by atoms with van der Waals surface area (Å²) in [5, 5.41) is 2.90. The zero-order valence-corrected chi connectivity index (χ0v) is 16.9. The van der Waals surface area contributed by atoms with Gasteiger partial charge in [0.1, 0.15) is 5.82 Å². The van der Waals surface area contributed by atoms with Crippen molar-refractivity contribution in [2.75, 3.05) is 25.0 Å². The van der Waals surface area contributed by atoms with E-state index in [2.05, 4.69) is 10.3 Å². The van der Waals surface area contributed by atoms with E-state index in [4.69, 9.17) is 4.74 Å². The lowest BCUT2D eigenvalue weighted by Gasteiger charge is -2.31. The molecule has 2 aliphatic rings. The number of likely N-dealkylation sites (tertiary alicyclic amines) is 1. The minimum Gasteiger partial charge on any atom is -0.450 e.